The van der Waals surface area contributed by atoms with E-state index in [4.69, 9.17) is 14.3 Å². The number of carboxylic acid groups (broad SMARTS) is 1. The van der Waals surface area contributed by atoms with Gasteiger partial charge in [-0.2, -0.15) is 0 Å². The summed E-state index contributed by atoms with van der Waals surface area (Å²) in [7, 11) is 1.58. The summed E-state index contributed by atoms with van der Waals surface area (Å²) in [5.41, 5.74) is 1.93. The van der Waals surface area contributed by atoms with Gasteiger partial charge in [-0.05, 0) is 25.7 Å². The molecule has 1 aromatic rings. The van der Waals surface area contributed by atoms with Crippen LogP contribution >= 0.6 is 0 Å². The number of carboxylic acids is 1. The topological polar surface area (TPSA) is 59.7 Å². The molecule has 82 valence electrons. The maximum absolute atomic E-state index is 11.0. The number of hydrogen-bond donors (Lipinski definition) is 1. The molecule has 0 radical (unpaired) electrons. The molecular formula is C11H14O4. The van der Waals surface area contributed by atoms with Gasteiger partial charge in [-0.1, -0.05) is 0 Å². The van der Waals surface area contributed by atoms with Crippen LogP contribution in [-0.4, -0.2) is 18.2 Å². The SMILES string of the molecule is COCc1oc(C(=O)O)c2c1CCCC2. The van der Waals surface area contributed by atoms with Crippen LogP contribution in [0.3, 0.4) is 0 Å². The Morgan fingerprint density at radius 2 is 2.07 bits per heavy atom. The fraction of sp³-hybridized carbons (Fsp3) is 0.545. The zero-order valence-corrected chi connectivity index (χ0v) is 8.71. The quantitative estimate of drug-likeness (QED) is 0.828. The van der Waals surface area contributed by atoms with E-state index in [1.165, 1.54) is 0 Å². The Kier molecular flexibility index (Phi) is 2.77. The van der Waals surface area contributed by atoms with Crippen LogP contribution in [0.4, 0.5) is 0 Å². The summed E-state index contributed by atoms with van der Waals surface area (Å²) in [6.45, 7) is 0.357. The van der Waals surface area contributed by atoms with Gasteiger partial charge >= 0.3 is 5.97 Å². The van der Waals surface area contributed by atoms with E-state index in [9.17, 15) is 4.79 Å². The molecule has 0 unspecified atom stereocenters. The zero-order chi connectivity index (χ0) is 10.8. The molecule has 4 heteroatoms. The summed E-state index contributed by atoms with van der Waals surface area (Å²) in [4.78, 5) is 11.0. The molecule has 1 N–H and O–H groups in total. The summed E-state index contributed by atoms with van der Waals surface area (Å²) < 4.78 is 10.3. The molecule has 0 spiro atoms. The van der Waals surface area contributed by atoms with Gasteiger partial charge in [0.25, 0.3) is 0 Å². The molecule has 0 saturated carbocycles. The van der Waals surface area contributed by atoms with Crippen molar-refractivity contribution >= 4 is 5.97 Å². The first-order valence-electron chi connectivity index (χ1n) is 5.09. The smallest absolute Gasteiger partial charge is 0.372 e. The summed E-state index contributed by atoms with van der Waals surface area (Å²) in [5.74, 6) is -0.183. The van der Waals surface area contributed by atoms with E-state index in [0.29, 0.717) is 12.4 Å². The molecule has 0 bridgehead atoms. The van der Waals surface area contributed by atoms with Gasteiger partial charge in [0.15, 0.2) is 0 Å². The second-order valence-electron chi connectivity index (χ2n) is 3.76. The molecule has 1 aliphatic carbocycles. The van der Waals surface area contributed by atoms with Crippen LogP contribution in [0, 0.1) is 0 Å². The Morgan fingerprint density at radius 3 is 2.67 bits per heavy atom. The van der Waals surface area contributed by atoms with Crippen molar-refractivity contribution in [2.24, 2.45) is 0 Å². The Hall–Kier alpha value is -1.29. The number of furan rings is 1. The lowest BCUT2D eigenvalue weighted by molar-refractivity contribution is 0.0653. The first kappa shape index (κ1) is 10.2. The molecule has 0 aliphatic heterocycles. The van der Waals surface area contributed by atoms with Crippen molar-refractivity contribution in [1.82, 2.24) is 0 Å². The molecule has 0 saturated heterocycles. The van der Waals surface area contributed by atoms with Gasteiger partial charge in [-0.25, -0.2) is 4.79 Å². The van der Waals surface area contributed by atoms with Gasteiger partial charge in [0.05, 0.1) is 0 Å². The number of methoxy groups -OCH3 is 1. The Morgan fingerprint density at radius 1 is 1.40 bits per heavy atom. The molecule has 0 aromatic carbocycles. The molecule has 0 atom stereocenters. The lowest BCUT2D eigenvalue weighted by Crippen LogP contribution is -2.06. The summed E-state index contributed by atoms with van der Waals surface area (Å²) in [5, 5.41) is 8.99. The highest BCUT2D eigenvalue weighted by molar-refractivity contribution is 5.87. The van der Waals surface area contributed by atoms with E-state index in [0.717, 1.165) is 36.8 Å². The average Bonchev–Trinajstić information content (AvgIpc) is 2.59. The third-order valence-electron chi connectivity index (χ3n) is 2.77. The van der Waals surface area contributed by atoms with Gasteiger partial charge in [-0.15, -0.1) is 0 Å². The predicted molar refractivity (Wildman–Crippen MR) is 53.0 cm³/mol. The Labute approximate surface area is 87.8 Å². The molecule has 0 fully saturated rings. The van der Waals surface area contributed by atoms with Gasteiger partial charge in [0, 0.05) is 18.2 Å². The van der Waals surface area contributed by atoms with Crippen molar-refractivity contribution in [2.45, 2.75) is 32.3 Å². The normalized spacial score (nSPS) is 15.0. The highest BCUT2D eigenvalue weighted by Gasteiger charge is 2.25. The largest absolute Gasteiger partial charge is 0.475 e. The number of rotatable bonds is 3. The molecule has 15 heavy (non-hydrogen) atoms. The highest BCUT2D eigenvalue weighted by atomic mass is 16.5. The van der Waals surface area contributed by atoms with Crippen molar-refractivity contribution in [3.8, 4) is 0 Å². The number of hydrogen-bond acceptors (Lipinski definition) is 3. The van der Waals surface area contributed by atoms with Crippen molar-refractivity contribution in [2.75, 3.05) is 7.11 Å². The molecule has 0 amide bonds. The van der Waals surface area contributed by atoms with Crippen molar-refractivity contribution < 1.29 is 19.1 Å². The lowest BCUT2D eigenvalue weighted by atomic mass is 9.92. The van der Waals surface area contributed by atoms with Crippen LogP contribution in [0.5, 0.6) is 0 Å². The van der Waals surface area contributed by atoms with Crippen LogP contribution in [0.2, 0.25) is 0 Å². The monoisotopic (exact) mass is 210 g/mol. The minimum absolute atomic E-state index is 0.108. The Balaban J connectivity index is 2.44. The third kappa shape index (κ3) is 1.77. The summed E-state index contributed by atoms with van der Waals surface area (Å²) in [6, 6.07) is 0. The van der Waals surface area contributed by atoms with E-state index in [1.54, 1.807) is 7.11 Å². The van der Waals surface area contributed by atoms with Crippen LogP contribution in [0.1, 0.15) is 40.3 Å². The van der Waals surface area contributed by atoms with E-state index >= 15 is 0 Å². The van der Waals surface area contributed by atoms with Crippen LogP contribution in [0.15, 0.2) is 4.42 Å². The zero-order valence-electron chi connectivity index (χ0n) is 8.71. The molecule has 2 rings (SSSR count). The third-order valence-corrected chi connectivity index (χ3v) is 2.77. The van der Waals surface area contributed by atoms with Crippen molar-refractivity contribution in [1.29, 1.82) is 0 Å². The molecule has 1 heterocycles. The fourth-order valence-electron chi connectivity index (χ4n) is 2.13. The van der Waals surface area contributed by atoms with Crippen LogP contribution in [0.25, 0.3) is 0 Å². The second kappa shape index (κ2) is 4.06. The first-order valence-corrected chi connectivity index (χ1v) is 5.09. The average molecular weight is 210 g/mol. The van der Waals surface area contributed by atoms with Crippen LogP contribution < -0.4 is 0 Å². The molecule has 1 aliphatic rings. The van der Waals surface area contributed by atoms with E-state index in [-0.39, 0.29) is 5.76 Å². The van der Waals surface area contributed by atoms with Crippen molar-refractivity contribution in [3.63, 3.8) is 0 Å². The number of aromatic carboxylic acids is 1. The van der Waals surface area contributed by atoms with Crippen molar-refractivity contribution in [3.05, 3.63) is 22.6 Å². The van der Waals surface area contributed by atoms with E-state index in [2.05, 4.69) is 0 Å². The minimum Gasteiger partial charge on any atom is -0.475 e. The summed E-state index contributed by atoms with van der Waals surface area (Å²) in [6.07, 6.45) is 3.86. The number of carbonyl (C=O) groups is 1. The predicted octanol–water partition coefficient (Wildman–Crippen LogP) is 2.00. The standard InChI is InChI=1S/C11H14O4/c1-14-6-9-7-4-2-3-5-8(7)10(15-9)11(12)13/h2-6H2,1H3,(H,12,13). The maximum Gasteiger partial charge on any atom is 0.372 e. The highest BCUT2D eigenvalue weighted by Crippen LogP contribution is 2.30. The van der Waals surface area contributed by atoms with Gasteiger partial charge < -0.3 is 14.3 Å². The maximum atomic E-state index is 11.0. The van der Waals surface area contributed by atoms with E-state index < -0.39 is 5.97 Å². The Bertz CT molecular complexity index is 378. The lowest BCUT2D eigenvalue weighted by Gasteiger charge is -2.11. The molecular weight excluding hydrogens is 196 g/mol. The fourth-order valence-corrected chi connectivity index (χ4v) is 2.13. The molecule has 4 nitrogen and oxygen atoms in total. The summed E-state index contributed by atoms with van der Waals surface area (Å²) >= 11 is 0. The van der Waals surface area contributed by atoms with Crippen LogP contribution in [-0.2, 0) is 24.2 Å². The number of fused-ring (bicyclic) bond motifs is 1. The minimum atomic E-state index is -0.976. The molecule has 1 aromatic heterocycles. The number of ether oxygens (including phenoxy) is 1. The van der Waals surface area contributed by atoms with Gasteiger partial charge in [-0.3, -0.25) is 0 Å². The van der Waals surface area contributed by atoms with E-state index in [1.807, 2.05) is 0 Å². The van der Waals surface area contributed by atoms with Gasteiger partial charge in [0.2, 0.25) is 5.76 Å². The second-order valence-corrected chi connectivity index (χ2v) is 3.76. The first-order chi connectivity index (χ1) is 7.24. The van der Waals surface area contributed by atoms with Gasteiger partial charge in [0.1, 0.15) is 12.4 Å².